The molecule has 1 aliphatic heterocycles. The average Bonchev–Trinajstić information content (AvgIpc) is 2.59. The van der Waals surface area contributed by atoms with E-state index in [0.717, 1.165) is 0 Å². The molecule has 98 valence electrons. The summed E-state index contributed by atoms with van der Waals surface area (Å²) in [5.74, 6) is -2.03. The van der Waals surface area contributed by atoms with Gasteiger partial charge in [0.05, 0.1) is 22.7 Å². The molecule has 5 nitrogen and oxygen atoms in total. The lowest BCUT2D eigenvalue weighted by molar-refractivity contribution is -0.143. The van der Waals surface area contributed by atoms with Gasteiger partial charge in [0, 0.05) is 6.42 Å². The molecular weight excluding hydrogens is 244 g/mol. The summed E-state index contributed by atoms with van der Waals surface area (Å²) in [6, 6.07) is 8.76. The molecule has 1 fully saturated rings. The summed E-state index contributed by atoms with van der Waals surface area (Å²) in [6.45, 7) is 3.43. The molecule has 0 radical (unpaired) electrons. The Hall–Kier alpha value is -2.35. The van der Waals surface area contributed by atoms with Crippen molar-refractivity contribution < 1.29 is 14.7 Å². The van der Waals surface area contributed by atoms with Crippen molar-refractivity contribution in [1.29, 1.82) is 5.26 Å². The zero-order valence-corrected chi connectivity index (χ0v) is 10.8. The van der Waals surface area contributed by atoms with Crippen molar-refractivity contribution in [1.82, 2.24) is 0 Å². The maximum absolute atomic E-state index is 12.1. The molecule has 1 amide bonds. The summed E-state index contributed by atoms with van der Waals surface area (Å²) in [5, 5.41) is 18.3. The molecule has 0 saturated carbocycles. The number of amides is 1. The zero-order chi connectivity index (χ0) is 14.2. The third kappa shape index (κ3) is 1.95. The Morgan fingerprint density at radius 3 is 2.63 bits per heavy atom. The third-order valence-corrected chi connectivity index (χ3v) is 3.62. The van der Waals surface area contributed by atoms with Crippen molar-refractivity contribution in [3.8, 4) is 6.07 Å². The minimum absolute atomic E-state index is 0.0396. The summed E-state index contributed by atoms with van der Waals surface area (Å²) >= 11 is 0. The molecule has 19 heavy (non-hydrogen) atoms. The second-order valence-electron chi connectivity index (χ2n) is 5.11. The Labute approximate surface area is 111 Å². The maximum atomic E-state index is 12.1. The van der Waals surface area contributed by atoms with Gasteiger partial charge >= 0.3 is 5.97 Å². The fourth-order valence-corrected chi connectivity index (χ4v) is 2.59. The Balaban J connectivity index is 2.54. The van der Waals surface area contributed by atoms with Gasteiger partial charge in [-0.05, 0) is 26.0 Å². The molecule has 1 saturated heterocycles. The first-order valence-electron chi connectivity index (χ1n) is 5.94. The van der Waals surface area contributed by atoms with Gasteiger partial charge < -0.3 is 10.0 Å². The molecule has 2 rings (SSSR count). The van der Waals surface area contributed by atoms with E-state index in [1.165, 1.54) is 4.90 Å². The van der Waals surface area contributed by atoms with E-state index in [0.29, 0.717) is 11.3 Å². The molecule has 0 spiro atoms. The molecule has 1 aliphatic rings. The summed E-state index contributed by atoms with van der Waals surface area (Å²) < 4.78 is 0. The number of hydrogen-bond donors (Lipinski definition) is 1. The molecule has 1 aromatic rings. The summed E-state index contributed by atoms with van der Waals surface area (Å²) in [6.07, 6.45) is -0.0396. The first-order chi connectivity index (χ1) is 8.89. The summed E-state index contributed by atoms with van der Waals surface area (Å²) in [7, 11) is 0. The van der Waals surface area contributed by atoms with Crippen molar-refractivity contribution in [3.63, 3.8) is 0 Å². The quantitative estimate of drug-likeness (QED) is 0.876. The number of carbonyl (C=O) groups is 2. The van der Waals surface area contributed by atoms with Crippen LogP contribution in [-0.2, 0) is 9.59 Å². The van der Waals surface area contributed by atoms with Gasteiger partial charge in [-0.3, -0.25) is 9.59 Å². The Bertz CT molecular complexity index is 587. The fraction of sp³-hybridized carbons (Fsp3) is 0.357. The SMILES string of the molecule is CC1(C)C(C(=O)O)CC(=O)N1c1ccccc1C#N. The van der Waals surface area contributed by atoms with Gasteiger partial charge in [0.1, 0.15) is 6.07 Å². The number of carboxylic acids is 1. The Morgan fingerprint density at radius 2 is 2.11 bits per heavy atom. The molecule has 1 atom stereocenters. The highest BCUT2D eigenvalue weighted by Crippen LogP contribution is 2.40. The van der Waals surface area contributed by atoms with Crippen molar-refractivity contribution in [2.45, 2.75) is 25.8 Å². The number of nitriles is 1. The molecule has 0 aromatic heterocycles. The second-order valence-corrected chi connectivity index (χ2v) is 5.11. The van der Waals surface area contributed by atoms with E-state index in [9.17, 15) is 14.7 Å². The number of carboxylic acid groups (broad SMARTS) is 1. The topological polar surface area (TPSA) is 81.4 Å². The predicted molar refractivity (Wildman–Crippen MR) is 68.5 cm³/mol. The molecule has 0 aliphatic carbocycles. The Morgan fingerprint density at radius 1 is 1.47 bits per heavy atom. The van der Waals surface area contributed by atoms with Crippen LogP contribution in [0.1, 0.15) is 25.8 Å². The average molecular weight is 258 g/mol. The van der Waals surface area contributed by atoms with Crippen LogP contribution in [0, 0.1) is 17.2 Å². The van der Waals surface area contributed by atoms with Gasteiger partial charge in [-0.2, -0.15) is 5.26 Å². The molecule has 1 unspecified atom stereocenters. The minimum atomic E-state index is -0.990. The van der Waals surface area contributed by atoms with Crippen molar-refractivity contribution in [2.75, 3.05) is 4.90 Å². The van der Waals surface area contributed by atoms with E-state index < -0.39 is 17.4 Å². The number of hydrogen-bond acceptors (Lipinski definition) is 3. The van der Waals surface area contributed by atoms with E-state index in [4.69, 9.17) is 5.26 Å². The first-order valence-corrected chi connectivity index (χ1v) is 5.94. The number of carbonyl (C=O) groups excluding carboxylic acids is 1. The van der Waals surface area contributed by atoms with E-state index in [1.54, 1.807) is 38.1 Å². The van der Waals surface area contributed by atoms with Crippen LogP contribution in [0.25, 0.3) is 0 Å². The standard InChI is InChI=1S/C14H14N2O3/c1-14(2)10(13(18)19)7-12(17)16(14)11-6-4-3-5-9(11)8-15/h3-6,10H,7H2,1-2H3,(H,18,19). The minimum Gasteiger partial charge on any atom is -0.481 e. The summed E-state index contributed by atoms with van der Waals surface area (Å²) in [5.41, 5.74) is -0.00529. The highest BCUT2D eigenvalue weighted by atomic mass is 16.4. The number of nitrogens with zero attached hydrogens (tertiary/aromatic N) is 2. The van der Waals surface area contributed by atoms with Gasteiger partial charge in [-0.25, -0.2) is 0 Å². The van der Waals surface area contributed by atoms with Crippen LogP contribution in [0.5, 0.6) is 0 Å². The van der Waals surface area contributed by atoms with Crippen molar-refractivity contribution in [3.05, 3.63) is 29.8 Å². The monoisotopic (exact) mass is 258 g/mol. The normalized spacial score (nSPS) is 21.2. The Kier molecular flexibility index (Phi) is 3.03. The van der Waals surface area contributed by atoms with Crippen LogP contribution in [0.15, 0.2) is 24.3 Å². The largest absolute Gasteiger partial charge is 0.481 e. The molecule has 5 heteroatoms. The number of rotatable bonds is 2. The van der Waals surface area contributed by atoms with E-state index >= 15 is 0 Å². The summed E-state index contributed by atoms with van der Waals surface area (Å²) in [4.78, 5) is 24.8. The van der Waals surface area contributed by atoms with Gasteiger partial charge in [0.15, 0.2) is 0 Å². The van der Waals surface area contributed by atoms with E-state index in [2.05, 4.69) is 0 Å². The zero-order valence-electron chi connectivity index (χ0n) is 10.8. The number of benzene rings is 1. The van der Waals surface area contributed by atoms with Crippen LogP contribution in [0.4, 0.5) is 5.69 Å². The van der Waals surface area contributed by atoms with E-state index in [1.807, 2.05) is 6.07 Å². The number of para-hydroxylation sites is 1. The molecule has 1 N–H and O–H groups in total. The van der Waals surface area contributed by atoms with Crippen LogP contribution in [0.2, 0.25) is 0 Å². The highest BCUT2D eigenvalue weighted by molar-refractivity contribution is 6.02. The number of anilines is 1. The smallest absolute Gasteiger partial charge is 0.309 e. The second kappa shape index (κ2) is 4.39. The van der Waals surface area contributed by atoms with Gasteiger partial charge in [0.2, 0.25) is 5.91 Å². The molecule has 1 heterocycles. The van der Waals surface area contributed by atoms with Crippen molar-refractivity contribution >= 4 is 17.6 Å². The molecule has 1 aromatic carbocycles. The first kappa shape index (κ1) is 13.1. The van der Waals surface area contributed by atoms with Gasteiger partial charge in [-0.15, -0.1) is 0 Å². The third-order valence-electron chi connectivity index (χ3n) is 3.62. The predicted octanol–water partition coefficient (Wildman–Crippen LogP) is 1.77. The van der Waals surface area contributed by atoms with Gasteiger partial charge in [0.25, 0.3) is 0 Å². The lowest BCUT2D eigenvalue weighted by Crippen LogP contribution is -2.46. The highest BCUT2D eigenvalue weighted by Gasteiger charge is 2.51. The van der Waals surface area contributed by atoms with E-state index in [-0.39, 0.29) is 12.3 Å². The van der Waals surface area contributed by atoms with Crippen LogP contribution < -0.4 is 4.90 Å². The fourth-order valence-electron chi connectivity index (χ4n) is 2.59. The van der Waals surface area contributed by atoms with Crippen LogP contribution in [0.3, 0.4) is 0 Å². The molecule has 0 bridgehead atoms. The van der Waals surface area contributed by atoms with Gasteiger partial charge in [-0.1, -0.05) is 12.1 Å². The lowest BCUT2D eigenvalue weighted by atomic mass is 9.88. The lowest BCUT2D eigenvalue weighted by Gasteiger charge is -2.34. The van der Waals surface area contributed by atoms with Crippen LogP contribution in [-0.4, -0.2) is 22.5 Å². The van der Waals surface area contributed by atoms with Crippen LogP contribution >= 0.6 is 0 Å². The molecular formula is C14H14N2O3. The maximum Gasteiger partial charge on any atom is 0.309 e. The van der Waals surface area contributed by atoms with Crippen molar-refractivity contribution in [2.24, 2.45) is 5.92 Å². The number of aliphatic carboxylic acids is 1.